The second kappa shape index (κ2) is 12.0. The molecule has 1 aliphatic heterocycles. The summed E-state index contributed by atoms with van der Waals surface area (Å²) in [7, 11) is 0. The predicted octanol–water partition coefficient (Wildman–Crippen LogP) is 7.93. The second-order valence-corrected chi connectivity index (χ2v) is 12.3. The number of rotatable bonds is 7. The molecular weight excluding hydrogens is 605 g/mol. The Morgan fingerprint density at radius 3 is 2.64 bits per heavy atom. The number of fused-ring (bicyclic) bond motifs is 1. The zero-order valence-corrected chi connectivity index (χ0v) is 25.4. The molecule has 3 heterocycles. The molecule has 3 N–H and O–H groups in total. The predicted molar refractivity (Wildman–Crippen MR) is 168 cm³/mol. The van der Waals surface area contributed by atoms with Gasteiger partial charge in [0.05, 0.1) is 45.8 Å². The molecule has 2 unspecified atom stereocenters. The van der Waals surface area contributed by atoms with Gasteiger partial charge in [-0.3, -0.25) is 4.98 Å². The monoisotopic (exact) mass is 632 g/mol. The van der Waals surface area contributed by atoms with Crippen molar-refractivity contribution in [3.05, 3.63) is 105 Å². The molecule has 0 amide bonds. The summed E-state index contributed by atoms with van der Waals surface area (Å²) in [4.78, 5) is 4.60. The van der Waals surface area contributed by atoms with E-state index in [9.17, 15) is 14.0 Å². The first-order valence-electron chi connectivity index (χ1n) is 14.0. The molecular formula is C32H28Cl2F2N8. The third kappa shape index (κ3) is 6.17. The molecule has 224 valence electrons. The van der Waals surface area contributed by atoms with Crippen LogP contribution in [0, 0.1) is 23.0 Å². The maximum atomic E-state index is 14.0. The Hall–Kier alpha value is -4.30. The molecule has 3 aromatic carbocycles. The Kier molecular flexibility index (Phi) is 8.12. The lowest BCUT2D eigenvalue weighted by Gasteiger charge is -2.36. The molecule has 0 spiro atoms. The molecule has 2 aromatic heterocycles. The van der Waals surface area contributed by atoms with Crippen LogP contribution in [0.25, 0.3) is 10.9 Å². The molecule has 0 radical (unpaired) electrons. The first-order valence-corrected chi connectivity index (χ1v) is 14.8. The van der Waals surface area contributed by atoms with Gasteiger partial charge in [-0.2, -0.15) is 5.26 Å². The van der Waals surface area contributed by atoms with Crippen LogP contribution in [0.1, 0.15) is 55.6 Å². The summed E-state index contributed by atoms with van der Waals surface area (Å²) in [6.45, 7) is 5.21. The van der Waals surface area contributed by atoms with Crippen molar-refractivity contribution >= 4 is 51.2 Å². The van der Waals surface area contributed by atoms with Gasteiger partial charge in [0, 0.05) is 27.8 Å². The van der Waals surface area contributed by atoms with Gasteiger partial charge >= 0.3 is 0 Å². The number of benzene rings is 3. The summed E-state index contributed by atoms with van der Waals surface area (Å²) < 4.78 is 29.7. The SMILES string of the molecule is CC1(C)CC(n2cc(C(Nc3cc(Cl)cc4c(Nc5ccc(F)c(Cl)c5)c(C#N)cnc34)c3ccc(F)cc3)nn2)CCN1. The summed E-state index contributed by atoms with van der Waals surface area (Å²) in [6, 6.07) is 15.6. The Morgan fingerprint density at radius 1 is 1.11 bits per heavy atom. The maximum Gasteiger partial charge on any atom is 0.141 e. The number of hydrogen-bond donors (Lipinski definition) is 3. The number of hydrogen-bond acceptors (Lipinski definition) is 7. The number of anilines is 3. The molecule has 0 saturated carbocycles. The number of halogens is 4. The summed E-state index contributed by atoms with van der Waals surface area (Å²) in [5.41, 5.74) is 3.61. The topological polar surface area (TPSA) is 103 Å². The fourth-order valence-electron chi connectivity index (χ4n) is 5.62. The average Bonchev–Trinajstić information content (AvgIpc) is 3.48. The van der Waals surface area contributed by atoms with E-state index in [1.807, 2.05) is 10.9 Å². The van der Waals surface area contributed by atoms with Crippen molar-refractivity contribution in [2.24, 2.45) is 0 Å². The zero-order chi connectivity index (χ0) is 31.0. The quantitative estimate of drug-likeness (QED) is 0.167. The van der Waals surface area contributed by atoms with Gasteiger partial charge in [0.25, 0.3) is 0 Å². The van der Waals surface area contributed by atoms with Gasteiger partial charge in [0.2, 0.25) is 0 Å². The summed E-state index contributed by atoms with van der Waals surface area (Å²) in [5, 5.41) is 30.0. The van der Waals surface area contributed by atoms with Gasteiger partial charge in [-0.25, -0.2) is 13.5 Å². The van der Waals surface area contributed by atoms with Crippen molar-refractivity contribution in [3.8, 4) is 6.07 Å². The Balaban J connectivity index is 1.42. The molecule has 0 bridgehead atoms. The lowest BCUT2D eigenvalue weighted by atomic mass is 9.89. The number of aromatic nitrogens is 4. The third-order valence-electron chi connectivity index (χ3n) is 7.77. The highest BCUT2D eigenvalue weighted by atomic mass is 35.5. The maximum absolute atomic E-state index is 14.0. The molecule has 44 heavy (non-hydrogen) atoms. The normalized spacial score (nSPS) is 16.8. The van der Waals surface area contributed by atoms with E-state index < -0.39 is 11.9 Å². The van der Waals surface area contributed by atoms with Crippen molar-refractivity contribution < 1.29 is 8.78 Å². The van der Waals surface area contributed by atoms with E-state index in [-0.39, 0.29) is 28.0 Å². The third-order valence-corrected chi connectivity index (χ3v) is 8.28. The summed E-state index contributed by atoms with van der Waals surface area (Å²) >= 11 is 12.6. The van der Waals surface area contributed by atoms with Crippen LogP contribution in [0.4, 0.5) is 25.8 Å². The first-order chi connectivity index (χ1) is 21.1. The van der Waals surface area contributed by atoms with Gasteiger partial charge in [0.1, 0.15) is 23.4 Å². The van der Waals surface area contributed by atoms with Crippen molar-refractivity contribution in [2.75, 3.05) is 17.2 Å². The molecule has 12 heteroatoms. The van der Waals surface area contributed by atoms with Gasteiger partial charge in [-0.1, -0.05) is 40.5 Å². The van der Waals surface area contributed by atoms with E-state index in [0.29, 0.717) is 38.7 Å². The van der Waals surface area contributed by atoms with Crippen LogP contribution in [0.5, 0.6) is 0 Å². The molecule has 2 atom stereocenters. The molecule has 0 aliphatic carbocycles. The standard InChI is InChI=1S/C32H28Cl2F2N8/c1-32(2)14-23(9-10-39-32)44-17-28(42-43-44)30(18-3-5-21(35)6-4-18)41-27-12-20(33)11-24-29(19(15-37)16-38-31(24)27)40-22-7-8-26(36)25(34)13-22/h3-8,11-13,16-17,23,30,39,41H,9-10,14H2,1-2H3,(H,38,40). The van der Waals surface area contributed by atoms with Gasteiger partial charge in [-0.05, 0) is 81.3 Å². The van der Waals surface area contributed by atoms with E-state index in [4.69, 9.17) is 23.2 Å². The number of nitrogens with zero attached hydrogens (tertiary/aromatic N) is 5. The van der Waals surface area contributed by atoms with Crippen molar-refractivity contribution in [2.45, 2.75) is 44.3 Å². The van der Waals surface area contributed by atoms with E-state index in [1.54, 1.807) is 24.3 Å². The Bertz CT molecular complexity index is 1880. The van der Waals surface area contributed by atoms with Crippen LogP contribution >= 0.6 is 23.2 Å². The van der Waals surface area contributed by atoms with Crippen LogP contribution in [0.2, 0.25) is 10.0 Å². The zero-order valence-electron chi connectivity index (χ0n) is 23.9. The van der Waals surface area contributed by atoms with Crippen LogP contribution in [-0.4, -0.2) is 32.1 Å². The van der Waals surface area contributed by atoms with Gasteiger partial charge in [0.15, 0.2) is 0 Å². The fraction of sp³-hybridized carbons (Fsp3) is 0.250. The smallest absolute Gasteiger partial charge is 0.141 e. The number of piperidine rings is 1. The minimum Gasteiger partial charge on any atom is -0.371 e. The van der Waals surface area contributed by atoms with Crippen LogP contribution < -0.4 is 16.0 Å². The summed E-state index contributed by atoms with van der Waals surface area (Å²) in [5.74, 6) is -0.914. The largest absolute Gasteiger partial charge is 0.371 e. The van der Waals surface area contributed by atoms with Crippen LogP contribution in [0.3, 0.4) is 0 Å². The van der Waals surface area contributed by atoms with Gasteiger partial charge in [-0.15, -0.1) is 5.10 Å². The Morgan fingerprint density at radius 2 is 1.91 bits per heavy atom. The molecule has 8 nitrogen and oxygen atoms in total. The minimum absolute atomic E-state index is 0.0255. The van der Waals surface area contributed by atoms with Crippen molar-refractivity contribution in [1.29, 1.82) is 5.26 Å². The second-order valence-electron chi connectivity index (χ2n) is 11.5. The van der Waals surface area contributed by atoms with E-state index in [2.05, 4.69) is 51.2 Å². The van der Waals surface area contributed by atoms with Gasteiger partial charge < -0.3 is 16.0 Å². The fourth-order valence-corrected chi connectivity index (χ4v) is 6.02. The van der Waals surface area contributed by atoms with E-state index in [0.717, 1.165) is 24.9 Å². The molecule has 1 fully saturated rings. The highest BCUT2D eigenvalue weighted by Crippen LogP contribution is 2.38. The lowest BCUT2D eigenvalue weighted by molar-refractivity contribution is 0.219. The Labute approximate surface area is 263 Å². The van der Waals surface area contributed by atoms with Crippen molar-refractivity contribution in [3.63, 3.8) is 0 Å². The molecule has 1 saturated heterocycles. The number of pyridine rings is 1. The molecule has 1 aliphatic rings. The highest BCUT2D eigenvalue weighted by Gasteiger charge is 2.30. The average molecular weight is 634 g/mol. The van der Waals surface area contributed by atoms with Crippen LogP contribution in [-0.2, 0) is 0 Å². The lowest BCUT2D eigenvalue weighted by Crippen LogP contribution is -2.46. The molecule has 5 aromatic rings. The number of nitriles is 1. The van der Waals surface area contributed by atoms with E-state index in [1.165, 1.54) is 36.5 Å². The van der Waals surface area contributed by atoms with Crippen LogP contribution in [0.15, 0.2) is 67.0 Å². The van der Waals surface area contributed by atoms with E-state index >= 15 is 0 Å². The first kappa shape index (κ1) is 29.8. The summed E-state index contributed by atoms with van der Waals surface area (Å²) in [6.07, 6.45) is 5.19. The minimum atomic E-state index is -0.556. The number of nitrogens with one attached hydrogen (secondary N) is 3. The van der Waals surface area contributed by atoms with Crippen molar-refractivity contribution in [1.82, 2.24) is 25.3 Å². The highest BCUT2D eigenvalue weighted by molar-refractivity contribution is 6.32. The molecule has 6 rings (SSSR count).